The Kier molecular flexibility index (Phi) is 1.99. The van der Waals surface area contributed by atoms with Gasteiger partial charge in [0.15, 0.2) is 5.84 Å². The standard InChI is InChI=1S/C10H10N2/c1-2-5-9(6-3-1)10-11-7-4-8-12-10/h1-3,5-7H,4,8H2. The third-order valence-corrected chi connectivity index (χ3v) is 1.77. The number of hydrogen-bond donors (Lipinski definition) is 0. The number of nitrogens with zero attached hydrogens (tertiary/aromatic N) is 2. The molecule has 0 bridgehead atoms. The number of benzene rings is 1. The lowest BCUT2D eigenvalue weighted by Gasteiger charge is -2.04. The Morgan fingerprint density at radius 1 is 1.08 bits per heavy atom. The summed E-state index contributed by atoms with van der Waals surface area (Å²) in [4.78, 5) is 8.54. The first-order valence-electron chi connectivity index (χ1n) is 4.09. The van der Waals surface area contributed by atoms with Gasteiger partial charge in [-0.1, -0.05) is 30.3 Å². The van der Waals surface area contributed by atoms with Crippen LogP contribution in [0.5, 0.6) is 0 Å². The van der Waals surface area contributed by atoms with Crippen LogP contribution in [0.3, 0.4) is 0 Å². The summed E-state index contributed by atoms with van der Waals surface area (Å²) in [5.74, 6) is 0.863. The number of aliphatic imine (C=N–C) groups is 2. The molecule has 2 rings (SSSR count). The second-order valence-electron chi connectivity index (χ2n) is 2.67. The highest BCUT2D eigenvalue weighted by molar-refractivity contribution is 6.03. The van der Waals surface area contributed by atoms with Gasteiger partial charge in [0.25, 0.3) is 0 Å². The Morgan fingerprint density at radius 2 is 1.92 bits per heavy atom. The van der Waals surface area contributed by atoms with E-state index in [0.29, 0.717) is 0 Å². The fourth-order valence-corrected chi connectivity index (χ4v) is 1.17. The largest absolute Gasteiger partial charge is 0.266 e. The minimum Gasteiger partial charge on any atom is -0.266 e. The van der Waals surface area contributed by atoms with Crippen molar-refractivity contribution in [2.24, 2.45) is 9.98 Å². The molecule has 0 spiro atoms. The molecule has 1 aliphatic rings. The smallest absolute Gasteiger partial charge is 0.154 e. The predicted molar refractivity (Wildman–Crippen MR) is 51.0 cm³/mol. The third-order valence-electron chi connectivity index (χ3n) is 1.77. The van der Waals surface area contributed by atoms with Crippen molar-refractivity contribution in [3.8, 4) is 0 Å². The Bertz CT molecular complexity index is 312. The average molecular weight is 158 g/mol. The fraction of sp³-hybridized carbons (Fsp3) is 0.200. The van der Waals surface area contributed by atoms with Crippen LogP contribution in [0.4, 0.5) is 0 Å². The van der Waals surface area contributed by atoms with E-state index in [0.717, 1.165) is 24.4 Å². The zero-order chi connectivity index (χ0) is 8.23. The van der Waals surface area contributed by atoms with E-state index in [2.05, 4.69) is 9.98 Å². The minimum absolute atomic E-state index is 0.863. The van der Waals surface area contributed by atoms with Crippen molar-refractivity contribution in [1.29, 1.82) is 0 Å². The molecule has 0 fully saturated rings. The van der Waals surface area contributed by atoms with Crippen LogP contribution in [0.15, 0.2) is 40.3 Å². The van der Waals surface area contributed by atoms with Gasteiger partial charge >= 0.3 is 0 Å². The Balaban J connectivity index is 2.31. The third kappa shape index (κ3) is 1.42. The second kappa shape index (κ2) is 3.30. The van der Waals surface area contributed by atoms with Gasteiger partial charge in [-0.05, 0) is 0 Å². The molecule has 0 amide bonds. The van der Waals surface area contributed by atoms with Crippen LogP contribution in [0, 0.1) is 0 Å². The molecular formula is C10H10N2. The van der Waals surface area contributed by atoms with Gasteiger partial charge in [-0.25, -0.2) is 4.99 Å². The Hall–Kier alpha value is -1.44. The summed E-state index contributed by atoms with van der Waals surface area (Å²) in [5, 5.41) is 0. The van der Waals surface area contributed by atoms with E-state index in [1.165, 1.54) is 0 Å². The van der Waals surface area contributed by atoms with Crippen LogP contribution < -0.4 is 0 Å². The highest BCUT2D eigenvalue weighted by Crippen LogP contribution is 2.04. The molecule has 0 saturated carbocycles. The number of amidine groups is 1. The summed E-state index contributed by atoms with van der Waals surface area (Å²) in [7, 11) is 0. The maximum absolute atomic E-state index is 4.32. The van der Waals surface area contributed by atoms with Gasteiger partial charge in [0.05, 0.1) is 0 Å². The fourth-order valence-electron chi connectivity index (χ4n) is 1.17. The van der Waals surface area contributed by atoms with Crippen LogP contribution in [0.2, 0.25) is 0 Å². The van der Waals surface area contributed by atoms with Gasteiger partial charge in [0.2, 0.25) is 0 Å². The highest BCUT2D eigenvalue weighted by Gasteiger charge is 2.01. The summed E-state index contributed by atoms with van der Waals surface area (Å²) in [6.07, 6.45) is 2.89. The monoisotopic (exact) mass is 158 g/mol. The van der Waals surface area contributed by atoms with E-state index >= 15 is 0 Å². The average Bonchev–Trinajstić information content (AvgIpc) is 2.21. The highest BCUT2D eigenvalue weighted by atomic mass is 14.9. The molecule has 1 heterocycles. The van der Waals surface area contributed by atoms with E-state index in [9.17, 15) is 0 Å². The molecule has 0 atom stereocenters. The van der Waals surface area contributed by atoms with Crippen molar-refractivity contribution in [3.05, 3.63) is 35.9 Å². The molecular weight excluding hydrogens is 148 g/mol. The van der Waals surface area contributed by atoms with Crippen molar-refractivity contribution in [1.82, 2.24) is 0 Å². The first-order valence-corrected chi connectivity index (χ1v) is 4.09. The molecule has 1 aromatic carbocycles. The molecule has 0 saturated heterocycles. The summed E-state index contributed by atoms with van der Waals surface area (Å²) in [6, 6.07) is 10.1. The molecule has 1 aliphatic heterocycles. The van der Waals surface area contributed by atoms with Gasteiger partial charge in [-0.15, -0.1) is 0 Å². The van der Waals surface area contributed by atoms with E-state index in [-0.39, 0.29) is 0 Å². The molecule has 0 aromatic heterocycles. The van der Waals surface area contributed by atoms with E-state index < -0.39 is 0 Å². The van der Waals surface area contributed by atoms with Gasteiger partial charge in [0, 0.05) is 24.7 Å². The lowest BCUT2D eigenvalue weighted by atomic mass is 10.2. The Labute approximate surface area is 71.7 Å². The van der Waals surface area contributed by atoms with E-state index in [1.807, 2.05) is 36.5 Å². The van der Waals surface area contributed by atoms with E-state index in [4.69, 9.17) is 0 Å². The predicted octanol–water partition coefficient (Wildman–Crippen LogP) is 1.91. The Morgan fingerprint density at radius 3 is 2.58 bits per heavy atom. The maximum atomic E-state index is 4.32. The molecule has 2 heteroatoms. The topological polar surface area (TPSA) is 24.7 Å². The molecule has 1 aromatic rings. The molecule has 0 N–H and O–H groups in total. The SMILES string of the molecule is C1=NC(c2ccccc2)=NCC1. The lowest BCUT2D eigenvalue weighted by Crippen LogP contribution is -2.04. The summed E-state index contributed by atoms with van der Waals surface area (Å²) < 4.78 is 0. The molecule has 0 unspecified atom stereocenters. The molecule has 12 heavy (non-hydrogen) atoms. The van der Waals surface area contributed by atoms with Gasteiger partial charge in [-0.2, -0.15) is 0 Å². The van der Waals surface area contributed by atoms with Crippen LogP contribution in [0.25, 0.3) is 0 Å². The number of rotatable bonds is 1. The van der Waals surface area contributed by atoms with E-state index in [1.54, 1.807) is 0 Å². The summed E-state index contributed by atoms with van der Waals surface area (Å²) >= 11 is 0. The first kappa shape index (κ1) is 7.22. The molecule has 2 nitrogen and oxygen atoms in total. The number of hydrogen-bond acceptors (Lipinski definition) is 2. The van der Waals surface area contributed by atoms with Gasteiger partial charge in [0.1, 0.15) is 0 Å². The van der Waals surface area contributed by atoms with Crippen LogP contribution in [0.1, 0.15) is 12.0 Å². The lowest BCUT2D eigenvalue weighted by molar-refractivity contribution is 1.03. The van der Waals surface area contributed by atoms with Crippen molar-refractivity contribution in [2.45, 2.75) is 6.42 Å². The normalized spacial score (nSPS) is 15.8. The van der Waals surface area contributed by atoms with Crippen LogP contribution in [-0.2, 0) is 0 Å². The van der Waals surface area contributed by atoms with Crippen LogP contribution in [-0.4, -0.2) is 18.6 Å². The zero-order valence-corrected chi connectivity index (χ0v) is 6.77. The van der Waals surface area contributed by atoms with Gasteiger partial charge in [-0.3, -0.25) is 4.99 Å². The van der Waals surface area contributed by atoms with Crippen molar-refractivity contribution < 1.29 is 0 Å². The minimum atomic E-state index is 0.863. The van der Waals surface area contributed by atoms with Gasteiger partial charge < -0.3 is 0 Å². The quantitative estimate of drug-likeness (QED) is 0.596. The summed E-state index contributed by atoms with van der Waals surface area (Å²) in [6.45, 7) is 0.869. The molecule has 0 aliphatic carbocycles. The zero-order valence-electron chi connectivity index (χ0n) is 6.77. The maximum Gasteiger partial charge on any atom is 0.154 e. The van der Waals surface area contributed by atoms with Crippen molar-refractivity contribution >= 4 is 12.1 Å². The second-order valence-corrected chi connectivity index (χ2v) is 2.67. The van der Waals surface area contributed by atoms with Crippen molar-refractivity contribution in [2.75, 3.05) is 6.54 Å². The van der Waals surface area contributed by atoms with Crippen LogP contribution >= 0.6 is 0 Å². The van der Waals surface area contributed by atoms with Crippen molar-refractivity contribution in [3.63, 3.8) is 0 Å². The first-order chi connectivity index (χ1) is 5.97. The molecule has 60 valence electrons. The molecule has 0 radical (unpaired) electrons. The summed E-state index contributed by atoms with van der Waals surface area (Å²) in [5.41, 5.74) is 1.11.